The first-order valence-electron chi connectivity index (χ1n) is 7.62. The van der Waals surface area contributed by atoms with Crippen LogP contribution in [0.1, 0.15) is 37.5 Å². The van der Waals surface area contributed by atoms with Gasteiger partial charge in [0.1, 0.15) is 6.04 Å². The summed E-state index contributed by atoms with van der Waals surface area (Å²) in [5.74, 6) is -0.380. The number of carbonyl (C=O) groups is 2. The average Bonchev–Trinajstić information content (AvgIpc) is 2.84. The minimum absolute atomic E-state index is 0.0979. The molecule has 6 heteroatoms. The lowest BCUT2D eigenvalue weighted by Gasteiger charge is -2.31. The molecule has 1 aliphatic carbocycles. The number of ether oxygens (including phenoxy) is 2. The van der Waals surface area contributed by atoms with Crippen molar-refractivity contribution in [3.05, 3.63) is 35.4 Å². The molecule has 1 N–H and O–H groups in total. The SMILES string of the molecule is CCOC(=O)[C@H](C)NN1C(=O)OC2c3ccccc3CCC21. The summed E-state index contributed by atoms with van der Waals surface area (Å²) in [5, 5.41) is 1.45. The van der Waals surface area contributed by atoms with Crippen LogP contribution >= 0.6 is 0 Å². The average molecular weight is 304 g/mol. The molecule has 0 bridgehead atoms. The summed E-state index contributed by atoms with van der Waals surface area (Å²) in [4.78, 5) is 23.9. The van der Waals surface area contributed by atoms with E-state index >= 15 is 0 Å². The Kier molecular flexibility index (Phi) is 4.02. The minimum Gasteiger partial charge on any atom is -0.465 e. The summed E-state index contributed by atoms with van der Waals surface area (Å²) in [6, 6.07) is 7.32. The van der Waals surface area contributed by atoms with E-state index in [1.54, 1.807) is 13.8 Å². The summed E-state index contributed by atoms with van der Waals surface area (Å²) in [6.45, 7) is 3.74. The van der Waals surface area contributed by atoms with Crippen LogP contribution < -0.4 is 5.43 Å². The predicted molar refractivity (Wildman–Crippen MR) is 78.8 cm³/mol. The number of esters is 1. The van der Waals surface area contributed by atoms with E-state index in [0.29, 0.717) is 6.61 Å². The zero-order chi connectivity index (χ0) is 15.7. The number of carbonyl (C=O) groups excluding carboxylic acids is 2. The molecular weight excluding hydrogens is 284 g/mol. The fraction of sp³-hybridized carbons (Fsp3) is 0.500. The molecule has 2 aliphatic rings. The van der Waals surface area contributed by atoms with Crippen LogP contribution in [0.3, 0.4) is 0 Å². The zero-order valence-electron chi connectivity index (χ0n) is 12.7. The maximum atomic E-state index is 12.2. The van der Waals surface area contributed by atoms with E-state index in [9.17, 15) is 9.59 Å². The van der Waals surface area contributed by atoms with Gasteiger partial charge in [-0.3, -0.25) is 4.79 Å². The summed E-state index contributed by atoms with van der Waals surface area (Å²) >= 11 is 0. The van der Waals surface area contributed by atoms with Gasteiger partial charge in [-0.05, 0) is 37.8 Å². The predicted octanol–water partition coefficient (Wildman–Crippen LogP) is 1.95. The number of nitrogens with zero attached hydrogens (tertiary/aromatic N) is 1. The smallest absolute Gasteiger partial charge is 0.425 e. The first-order chi connectivity index (χ1) is 10.6. The van der Waals surface area contributed by atoms with Gasteiger partial charge in [-0.15, -0.1) is 0 Å². The Balaban J connectivity index is 1.76. The largest absolute Gasteiger partial charge is 0.465 e. The van der Waals surface area contributed by atoms with E-state index in [1.807, 2.05) is 18.2 Å². The lowest BCUT2D eigenvalue weighted by molar-refractivity contribution is -0.146. The van der Waals surface area contributed by atoms with E-state index in [4.69, 9.17) is 9.47 Å². The first kappa shape index (κ1) is 14.8. The molecule has 1 amide bonds. The van der Waals surface area contributed by atoms with Gasteiger partial charge in [0.2, 0.25) is 0 Å². The van der Waals surface area contributed by atoms with Crippen molar-refractivity contribution in [2.45, 2.75) is 44.9 Å². The molecule has 118 valence electrons. The number of hydrogen-bond acceptors (Lipinski definition) is 5. The van der Waals surface area contributed by atoms with E-state index in [-0.39, 0.29) is 18.1 Å². The Hall–Kier alpha value is -2.08. The van der Waals surface area contributed by atoms with Crippen molar-refractivity contribution in [1.29, 1.82) is 0 Å². The molecule has 1 fully saturated rings. The molecule has 0 saturated carbocycles. The van der Waals surface area contributed by atoms with E-state index in [0.717, 1.165) is 18.4 Å². The maximum absolute atomic E-state index is 12.2. The van der Waals surface area contributed by atoms with Crippen LogP contribution in [-0.2, 0) is 20.7 Å². The number of rotatable bonds is 4. The molecule has 1 aliphatic heterocycles. The molecular formula is C16H20N2O4. The fourth-order valence-electron chi connectivity index (χ4n) is 3.09. The van der Waals surface area contributed by atoms with Gasteiger partial charge in [0.15, 0.2) is 6.10 Å². The van der Waals surface area contributed by atoms with Crippen molar-refractivity contribution in [2.75, 3.05) is 6.61 Å². The molecule has 1 heterocycles. The Morgan fingerprint density at radius 2 is 2.27 bits per heavy atom. The van der Waals surface area contributed by atoms with Crippen LogP contribution in [0, 0.1) is 0 Å². The summed E-state index contributed by atoms with van der Waals surface area (Å²) in [5.41, 5.74) is 5.20. The van der Waals surface area contributed by atoms with Crippen LogP contribution in [0.15, 0.2) is 24.3 Å². The first-order valence-corrected chi connectivity index (χ1v) is 7.62. The molecule has 1 aromatic carbocycles. The van der Waals surface area contributed by atoms with Gasteiger partial charge < -0.3 is 9.47 Å². The Bertz CT molecular complexity index is 589. The normalized spacial score (nSPS) is 24.3. The van der Waals surface area contributed by atoms with E-state index in [1.165, 1.54) is 10.6 Å². The summed E-state index contributed by atoms with van der Waals surface area (Å²) in [6.07, 6.45) is 0.970. The molecule has 0 aromatic heterocycles. The van der Waals surface area contributed by atoms with Crippen molar-refractivity contribution >= 4 is 12.1 Å². The molecule has 6 nitrogen and oxygen atoms in total. The summed E-state index contributed by atoms with van der Waals surface area (Å²) < 4.78 is 10.5. The number of amides is 1. The van der Waals surface area contributed by atoms with Crippen LogP contribution in [-0.4, -0.2) is 35.8 Å². The quantitative estimate of drug-likeness (QED) is 0.861. The highest BCUT2D eigenvalue weighted by molar-refractivity contribution is 5.76. The van der Waals surface area contributed by atoms with Gasteiger partial charge >= 0.3 is 12.1 Å². The van der Waals surface area contributed by atoms with Gasteiger partial charge in [-0.1, -0.05) is 24.3 Å². The fourth-order valence-corrected chi connectivity index (χ4v) is 3.09. The van der Waals surface area contributed by atoms with E-state index in [2.05, 4.69) is 11.5 Å². The van der Waals surface area contributed by atoms with Crippen molar-refractivity contribution in [1.82, 2.24) is 10.4 Å². The standard InChI is InChI=1S/C16H20N2O4/c1-3-21-15(19)10(2)17-18-13-9-8-11-6-4-5-7-12(11)14(13)22-16(18)20/h4-7,10,13-14,17H,3,8-9H2,1-2H3/t10-,13?,14?/m0/s1. The third-order valence-electron chi connectivity index (χ3n) is 4.15. The minimum atomic E-state index is -0.594. The topological polar surface area (TPSA) is 67.9 Å². The second-order valence-corrected chi connectivity index (χ2v) is 5.58. The molecule has 2 unspecified atom stereocenters. The highest BCUT2D eigenvalue weighted by Gasteiger charge is 2.46. The number of hydrogen-bond donors (Lipinski definition) is 1. The van der Waals surface area contributed by atoms with Crippen LogP contribution in [0.4, 0.5) is 4.79 Å². The van der Waals surface area contributed by atoms with Gasteiger partial charge in [-0.25, -0.2) is 15.2 Å². The van der Waals surface area contributed by atoms with Crippen LogP contribution in [0.25, 0.3) is 0 Å². The van der Waals surface area contributed by atoms with Gasteiger partial charge in [0.25, 0.3) is 0 Å². The van der Waals surface area contributed by atoms with Crippen molar-refractivity contribution in [3.63, 3.8) is 0 Å². The third-order valence-corrected chi connectivity index (χ3v) is 4.15. The van der Waals surface area contributed by atoms with Gasteiger partial charge in [0, 0.05) is 0 Å². The van der Waals surface area contributed by atoms with Crippen molar-refractivity contribution in [3.8, 4) is 0 Å². The number of nitrogens with one attached hydrogen (secondary N) is 1. The van der Waals surface area contributed by atoms with Gasteiger partial charge in [0.05, 0.1) is 12.6 Å². The highest BCUT2D eigenvalue weighted by Crippen LogP contribution is 2.39. The van der Waals surface area contributed by atoms with Crippen molar-refractivity contribution in [2.24, 2.45) is 0 Å². The summed E-state index contributed by atoms with van der Waals surface area (Å²) in [7, 11) is 0. The lowest BCUT2D eigenvalue weighted by Crippen LogP contribution is -2.52. The second kappa shape index (κ2) is 5.96. The van der Waals surface area contributed by atoms with Crippen LogP contribution in [0.5, 0.6) is 0 Å². The Labute approximate surface area is 129 Å². The van der Waals surface area contributed by atoms with Gasteiger partial charge in [-0.2, -0.15) is 0 Å². The Morgan fingerprint density at radius 3 is 3.05 bits per heavy atom. The monoisotopic (exact) mass is 304 g/mol. The zero-order valence-corrected chi connectivity index (χ0v) is 12.7. The molecule has 3 rings (SSSR count). The number of benzene rings is 1. The second-order valence-electron chi connectivity index (χ2n) is 5.58. The highest BCUT2D eigenvalue weighted by atomic mass is 16.6. The Morgan fingerprint density at radius 1 is 1.50 bits per heavy atom. The van der Waals surface area contributed by atoms with Crippen molar-refractivity contribution < 1.29 is 19.1 Å². The molecule has 22 heavy (non-hydrogen) atoms. The van der Waals surface area contributed by atoms with E-state index < -0.39 is 12.1 Å². The third kappa shape index (κ3) is 2.54. The molecule has 1 aromatic rings. The number of aryl methyl sites for hydroxylation is 1. The molecule has 3 atom stereocenters. The number of hydrazine groups is 1. The number of fused-ring (bicyclic) bond motifs is 3. The lowest BCUT2D eigenvalue weighted by atomic mass is 9.86. The molecule has 0 radical (unpaired) electrons. The van der Waals surface area contributed by atoms with Crippen LogP contribution in [0.2, 0.25) is 0 Å². The molecule has 1 saturated heterocycles. The maximum Gasteiger partial charge on any atom is 0.425 e. The molecule has 0 spiro atoms.